The molecule has 1 atom stereocenters. The second-order valence-corrected chi connectivity index (χ2v) is 4.72. The molecule has 0 aliphatic heterocycles. The van der Waals surface area contributed by atoms with Gasteiger partial charge in [-0.1, -0.05) is 0 Å². The molecule has 17 heavy (non-hydrogen) atoms. The molecule has 0 fully saturated rings. The molecule has 0 aliphatic rings. The van der Waals surface area contributed by atoms with Gasteiger partial charge >= 0.3 is 0 Å². The van der Waals surface area contributed by atoms with E-state index < -0.39 is 0 Å². The molecule has 0 bridgehead atoms. The molecule has 0 saturated heterocycles. The Bertz CT molecular complexity index is 524. The first-order valence-corrected chi connectivity index (χ1v) is 6.06. The number of nitrogens with one attached hydrogen (secondary N) is 1. The van der Waals surface area contributed by atoms with Gasteiger partial charge in [-0.25, -0.2) is 4.39 Å². The van der Waals surface area contributed by atoms with E-state index in [0.717, 1.165) is 11.4 Å². The molecule has 2 aromatic rings. The molecule has 1 heterocycles. The third-order valence-electron chi connectivity index (χ3n) is 2.61. The summed E-state index contributed by atoms with van der Waals surface area (Å²) in [5.41, 5.74) is 1.93. The van der Waals surface area contributed by atoms with Crippen molar-refractivity contribution in [3.8, 4) is 0 Å². The van der Waals surface area contributed by atoms with Crippen LogP contribution in [0.25, 0.3) is 0 Å². The largest absolute Gasteiger partial charge is 0.376 e. The van der Waals surface area contributed by atoms with Crippen molar-refractivity contribution in [2.75, 3.05) is 5.32 Å². The summed E-state index contributed by atoms with van der Waals surface area (Å²) in [6.45, 7) is 2.03. The Hall–Kier alpha value is -1.36. The molecule has 5 heteroatoms. The molecule has 0 amide bonds. The molecule has 1 unspecified atom stereocenters. The first-order chi connectivity index (χ1) is 8.08. The van der Waals surface area contributed by atoms with Gasteiger partial charge in [0, 0.05) is 23.4 Å². The number of aryl methyl sites for hydroxylation is 1. The number of rotatable bonds is 3. The molecule has 0 saturated carbocycles. The molecule has 0 spiro atoms. The number of hydrogen-bond acceptors (Lipinski definition) is 2. The summed E-state index contributed by atoms with van der Waals surface area (Å²) in [4.78, 5) is 0. The standard InChI is InChI=1S/C12H13BrFN3/c1-8(12-5-6-15-17(12)2)16-11-4-3-9(14)7-10(11)13/h3-8,16H,1-2H3. The Morgan fingerprint density at radius 1 is 1.41 bits per heavy atom. The monoisotopic (exact) mass is 297 g/mol. The highest BCUT2D eigenvalue weighted by molar-refractivity contribution is 9.10. The van der Waals surface area contributed by atoms with Crippen molar-refractivity contribution in [3.05, 3.63) is 46.4 Å². The second kappa shape index (κ2) is 4.87. The van der Waals surface area contributed by atoms with Gasteiger partial charge in [-0.15, -0.1) is 0 Å². The van der Waals surface area contributed by atoms with Crippen molar-refractivity contribution in [2.45, 2.75) is 13.0 Å². The topological polar surface area (TPSA) is 29.9 Å². The second-order valence-electron chi connectivity index (χ2n) is 3.87. The zero-order valence-electron chi connectivity index (χ0n) is 9.61. The van der Waals surface area contributed by atoms with E-state index in [-0.39, 0.29) is 11.9 Å². The SMILES string of the molecule is CC(Nc1ccc(F)cc1Br)c1ccnn1C. The van der Waals surface area contributed by atoms with Gasteiger partial charge < -0.3 is 5.32 Å². The quantitative estimate of drug-likeness (QED) is 0.940. The molecule has 1 aromatic carbocycles. The molecule has 0 aliphatic carbocycles. The number of anilines is 1. The van der Waals surface area contributed by atoms with E-state index in [2.05, 4.69) is 26.3 Å². The minimum atomic E-state index is -0.254. The lowest BCUT2D eigenvalue weighted by molar-refractivity contribution is 0.626. The molecule has 2 rings (SSSR count). The van der Waals surface area contributed by atoms with E-state index in [0.29, 0.717) is 4.47 Å². The van der Waals surface area contributed by atoms with Crippen LogP contribution >= 0.6 is 15.9 Å². The molecular weight excluding hydrogens is 285 g/mol. The van der Waals surface area contributed by atoms with Crippen LogP contribution in [0.5, 0.6) is 0 Å². The zero-order valence-corrected chi connectivity index (χ0v) is 11.2. The van der Waals surface area contributed by atoms with Crippen LogP contribution in [-0.2, 0) is 7.05 Å². The third kappa shape index (κ3) is 2.66. The van der Waals surface area contributed by atoms with E-state index in [9.17, 15) is 4.39 Å². The fourth-order valence-electron chi connectivity index (χ4n) is 1.72. The van der Waals surface area contributed by atoms with Gasteiger partial charge in [0.25, 0.3) is 0 Å². The Kier molecular flexibility index (Phi) is 3.47. The highest BCUT2D eigenvalue weighted by Gasteiger charge is 2.10. The van der Waals surface area contributed by atoms with Crippen LogP contribution < -0.4 is 5.32 Å². The molecule has 0 radical (unpaired) electrons. The van der Waals surface area contributed by atoms with Crippen LogP contribution in [-0.4, -0.2) is 9.78 Å². The van der Waals surface area contributed by atoms with Crippen LogP contribution in [0.15, 0.2) is 34.9 Å². The number of hydrogen-bond donors (Lipinski definition) is 1. The molecule has 90 valence electrons. The fourth-order valence-corrected chi connectivity index (χ4v) is 2.19. The Morgan fingerprint density at radius 2 is 2.18 bits per heavy atom. The van der Waals surface area contributed by atoms with Crippen LogP contribution in [0, 0.1) is 5.82 Å². The Balaban J connectivity index is 2.19. The average molecular weight is 298 g/mol. The van der Waals surface area contributed by atoms with Crippen molar-refractivity contribution < 1.29 is 4.39 Å². The van der Waals surface area contributed by atoms with E-state index >= 15 is 0 Å². The predicted molar refractivity (Wildman–Crippen MR) is 69.3 cm³/mol. The van der Waals surface area contributed by atoms with E-state index in [1.54, 1.807) is 12.3 Å². The molecular formula is C12H13BrFN3. The molecule has 1 aromatic heterocycles. The lowest BCUT2D eigenvalue weighted by atomic mass is 10.2. The van der Waals surface area contributed by atoms with Gasteiger partial charge in [0.05, 0.1) is 11.7 Å². The van der Waals surface area contributed by atoms with Crippen molar-refractivity contribution in [1.82, 2.24) is 9.78 Å². The van der Waals surface area contributed by atoms with Gasteiger partial charge in [0.1, 0.15) is 5.82 Å². The van der Waals surface area contributed by atoms with E-state index in [1.165, 1.54) is 12.1 Å². The number of benzene rings is 1. The van der Waals surface area contributed by atoms with Crippen molar-refractivity contribution >= 4 is 21.6 Å². The third-order valence-corrected chi connectivity index (χ3v) is 3.26. The maximum atomic E-state index is 13.0. The van der Waals surface area contributed by atoms with Gasteiger partial charge in [-0.05, 0) is 47.1 Å². The summed E-state index contributed by atoms with van der Waals surface area (Å²) in [7, 11) is 1.90. The summed E-state index contributed by atoms with van der Waals surface area (Å²) in [5, 5.41) is 7.43. The van der Waals surface area contributed by atoms with Crippen LogP contribution in [0.3, 0.4) is 0 Å². The lowest BCUT2D eigenvalue weighted by Gasteiger charge is -2.16. The average Bonchev–Trinajstić information content (AvgIpc) is 2.68. The van der Waals surface area contributed by atoms with Crippen LogP contribution in [0.1, 0.15) is 18.7 Å². The molecule has 3 nitrogen and oxygen atoms in total. The smallest absolute Gasteiger partial charge is 0.124 e. The Labute approximate surface area is 108 Å². The summed E-state index contributed by atoms with van der Waals surface area (Å²) in [6.07, 6.45) is 1.76. The summed E-state index contributed by atoms with van der Waals surface area (Å²) < 4.78 is 15.5. The zero-order chi connectivity index (χ0) is 12.4. The summed E-state index contributed by atoms with van der Waals surface area (Å²) in [6, 6.07) is 6.65. The van der Waals surface area contributed by atoms with E-state index in [4.69, 9.17) is 0 Å². The highest BCUT2D eigenvalue weighted by Crippen LogP contribution is 2.26. The van der Waals surface area contributed by atoms with Crippen molar-refractivity contribution in [1.29, 1.82) is 0 Å². The first-order valence-electron chi connectivity index (χ1n) is 5.27. The first kappa shape index (κ1) is 12.1. The number of halogens is 2. The predicted octanol–water partition coefficient (Wildman–Crippen LogP) is 3.49. The van der Waals surface area contributed by atoms with Crippen molar-refractivity contribution in [2.24, 2.45) is 7.05 Å². The van der Waals surface area contributed by atoms with Crippen LogP contribution in [0.4, 0.5) is 10.1 Å². The Morgan fingerprint density at radius 3 is 2.76 bits per heavy atom. The normalized spacial score (nSPS) is 12.5. The van der Waals surface area contributed by atoms with Gasteiger partial charge in [0.2, 0.25) is 0 Å². The maximum Gasteiger partial charge on any atom is 0.124 e. The van der Waals surface area contributed by atoms with Gasteiger partial charge in [-0.3, -0.25) is 4.68 Å². The summed E-state index contributed by atoms with van der Waals surface area (Å²) >= 11 is 3.33. The minimum Gasteiger partial charge on any atom is -0.376 e. The fraction of sp³-hybridized carbons (Fsp3) is 0.250. The lowest BCUT2D eigenvalue weighted by Crippen LogP contribution is -2.11. The van der Waals surface area contributed by atoms with E-state index in [1.807, 2.05) is 24.7 Å². The highest BCUT2D eigenvalue weighted by atomic mass is 79.9. The number of nitrogens with zero attached hydrogens (tertiary/aromatic N) is 2. The maximum absolute atomic E-state index is 13.0. The molecule has 1 N–H and O–H groups in total. The van der Waals surface area contributed by atoms with Gasteiger partial charge in [-0.2, -0.15) is 5.10 Å². The summed E-state index contributed by atoms with van der Waals surface area (Å²) in [5.74, 6) is -0.254. The number of aromatic nitrogens is 2. The minimum absolute atomic E-state index is 0.101. The van der Waals surface area contributed by atoms with Gasteiger partial charge in [0.15, 0.2) is 0 Å². The van der Waals surface area contributed by atoms with Crippen LogP contribution in [0.2, 0.25) is 0 Å². The van der Waals surface area contributed by atoms with Crippen molar-refractivity contribution in [3.63, 3.8) is 0 Å².